The Morgan fingerprint density at radius 3 is 2.44 bits per heavy atom. The predicted molar refractivity (Wildman–Crippen MR) is 73.2 cm³/mol. The van der Waals surface area contributed by atoms with Crippen molar-refractivity contribution in [3.8, 4) is 0 Å². The molecule has 1 aromatic rings. The third-order valence-electron chi connectivity index (χ3n) is 3.25. The fourth-order valence-corrected chi connectivity index (χ4v) is 2.49. The molecule has 0 aromatic heterocycles. The molecule has 100 valence electrons. The maximum atomic E-state index is 9.41. The van der Waals surface area contributed by atoms with Gasteiger partial charge >= 0.3 is 0 Å². The number of aliphatic hydroxyl groups is 2. The number of halogens is 1. The summed E-state index contributed by atoms with van der Waals surface area (Å²) in [6.45, 7) is 3.89. The van der Waals surface area contributed by atoms with Gasteiger partial charge in [0.25, 0.3) is 0 Å². The highest BCUT2D eigenvalue weighted by atomic mass is 35.5. The second-order valence-electron chi connectivity index (χ2n) is 4.58. The SMILES string of the molecule is OCC(O)CN1CCN(c2ccccc2Cl)CC1. The normalized spacial score (nSPS) is 18.9. The molecule has 0 amide bonds. The summed E-state index contributed by atoms with van der Waals surface area (Å²) >= 11 is 6.17. The lowest BCUT2D eigenvalue weighted by molar-refractivity contribution is 0.0575. The van der Waals surface area contributed by atoms with Crippen LogP contribution in [0.2, 0.25) is 5.02 Å². The summed E-state index contributed by atoms with van der Waals surface area (Å²) in [6, 6.07) is 7.85. The van der Waals surface area contributed by atoms with Crippen molar-refractivity contribution in [2.75, 3.05) is 44.2 Å². The van der Waals surface area contributed by atoms with Crippen molar-refractivity contribution in [2.24, 2.45) is 0 Å². The smallest absolute Gasteiger partial charge is 0.0897 e. The fraction of sp³-hybridized carbons (Fsp3) is 0.538. The number of β-amino-alcohol motifs (C(OH)–C–C–N with tert-alkyl or cyclic N) is 1. The monoisotopic (exact) mass is 270 g/mol. The minimum atomic E-state index is -0.642. The van der Waals surface area contributed by atoms with Crippen LogP contribution in [-0.4, -0.2) is 60.5 Å². The second kappa shape index (κ2) is 6.38. The number of anilines is 1. The summed E-state index contributed by atoms with van der Waals surface area (Å²) in [5, 5.41) is 19.0. The van der Waals surface area contributed by atoms with Crippen LogP contribution in [0.1, 0.15) is 0 Å². The molecule has 0 radical (unpaired) electrons. The van der Waals surface area contributed by atoms with Gasteiger partial charge in [-0.05, 0) is 12.1 Å². The summed E-state index contributed by atoms with van der Waals surface area (Å²) in [5.74, 6) is 0. The van der Waals surface area contributed by atoms with Gasteiger partial charge < -0.3 is 15.1 Å². The lowest BCUT2D eigenvalue weighted by atomic mass is 10.2. The van der Waals surface area contributed by atoms with Gasteiger partial charge in [0.05, 0.1) is 23.4 Å². The summed E-state index contributed by atoms with van der Waals surface area (Å²) < 4.78 is 0. The molecule has 0 saturated carbocycles. The highest BCUT2D eigenvalue weighted by molar-refractivity contribution is 6.33. The van der Waals surface area contributed by atoms with Crippen LogP contribution in [0.4, 0.5) is 5.69 Å². The van der Waals surface area contributed by atoms with E-state index >= 15 is 0 Å². The molecule has 1 atom stereocenters. The molecule has 0 spiro atoms. The van der Waals surface area contributed by atoms with Crippen molar-refractivity contribution in [3.05, 3.63) is 29.3 Å². The second-order valence-corrected chi connectivity index (χ2v) is 4.98. The third-order valence-corrected chi connectivity index (χ3v) is 3.56. The van der Waals surface area contributed by atoms with Crippen LogP contribution in [0.15, 0.2) is 24.3 Å². The van der Waals surface area contributed by atoms with Crippen molar-refractivity contribution >= 4 is 17.3 Å². The number of benzene rings is 1. The van der Waals surface area contributed by atoms with Crippen LogP contribution < -0.4 is 4.90 Å². The Hall–Kier alpha value is -0.810. The minimum Gasteiger partial charge on any atom is -0.394 e. The number of hydrogen-bond donors (Lipinski definition) is 2. The van der Waals surface area contributed by atoms with Gasteiger partial charge in [-0.25, -0.2) is 0 Å². The number of para-hydroxylation sites is 1. The van der Waals surface area contributed by atoms with E-state index in [1.54, 1.807) is 0 Å². The molecule has 1 unspecified atom stereocenters. The third kappa shape index (κ3) is 3.36. The molecule has 2 rings (SSSR count). The number of rotatable bonds is 4. The number of piperazine rings is 1. The molecule has 4 nitrogen and oxygen atoms in total. The highest BCUT2D eigenvalue weighted by Crippen LogP contribution is 2.25. The summed E-state index contributed by atoms with van der Waals surface area (Å²) in [5.41, 5.74) is 1.07. The van der Waals surface area contributed by atoms with Crippen LogP contribution in [0.3, 0.4) is 0 Å². The van der Waals surface area contributed by atoms with Gasteiger partial charge in [0.15, 0.2) is 0 Å². The first kappa shape index (κ1) is 13.6. The first-order valence-electron chi connectivity index (χ1n) is 6.21. The van der Waals surface area contributed by atoms with E-state index in [-0.39, 0.29) is 6.61 Å². The molecule has 2 N–H and O–H groups in total. The Bertz CT molecular complexity index is 381. The lowest BCUT2D eigenvalue weighted by Crippen LogP contribution is -2.49. The average molecular weight is 271 g/mol. The molecule has 1 aromatic carbocycles. The summed E-state index contributed by atoms with van der Waals surface area (Å²) in [4.78, 5) is 4.42. The minimum absolute atomic E-state index is 0.176. The molecular formula is C13H19ClN2O2. The number of nitrogens with zero attached hydrogens (tertiary/aromatic N) is 2. The van der Waals surface area contributed by atoms with Crippen molar-refractivity contribution < 1.29 is 10.2 Å². The van der Waals surface area contributed by atoms with E-state index in [9.17, 15) is 5.11 Å². The molecule has 1 saturated heterocycles. The lowest BCUT2D eigenvalue weighted by Gasteiger charge is -2.37. The highest BCUT2D eigenvalue weighted by Gasteiger charge is 2.20. The topological polar surface area (TPSA) is 46.9 Å². The molecule has 1 aliphatic rings. The molecular weight excluding hydrogens is 252 g/mol. The zero-order valence-corrected chi connectivity index (χ0v) is 11.1. The van der Waals surface area contributed by atoms with Gasteiger partial charge in [0.2, 0.25) is 0 Å². The van der Waals surface area contributed by atoms with E-state index in [0.717, 1.165) is 36.9 Å². The molecule has 1 heterocycles. The van der Waals surface area contributed by atoms with E-state index < -0.39 is 6.10 Å². The zero-order valence-electron chi connectivity index (χ0n) is 10.3. The standard InChI is InChI=1S/C13H19ClN2O2/c14-12-3-1-2-4-13(12)16-7-5-15(6-8-16)9-11(18)10-17/h1-4,11,17-18H,5-10H2. The quantitative estimate of drug-likeness (QED) is 0.850. The maximum absolute atomic E-state index is 9.41. The Kier molecular flexibility index (Phi) is 4.83. The number of hydrogen-bond acceptors (Lipinski definition) is 4. The summed E-state index contributed by atoms with van der Waals surface area (Å²) in [7, 11) is 0. The van der Waals surface area contributed by atoms with Crippen LogP contribution in [0.25, 0.3) is 0 Å². The fourth-order valence-electron chi connectivity index (χ4n) is 2.24. The average Bonchev–Trinajstić information content (AvgIpc) is 2.40. The largest absolute Gasteiger partial charge is 0.394 e. The van der Waals surface area contributed by atoms with Gasteiger partial charge in [0.1, 0.15) is 0 Å². The Labute approximate surface area is 112 Å². The van der Waals surface area contributed by atoms with Crippen LogP contribution >= 0.6 is 11.6 Å². The van der Waals surface area contributed by atoms with Gasteiger partial charge in [-0.1, -0.05) is 23.7 Å². The zero-order chi connectivity index (χ0) is 13.0. The Morgan fingerprint density at radius 2 is 1.83 bits per heavy atom. The van der Waals surface area contributed by atoms with Crippen molar-refractivity contribution in [1.82, 2.24) is 4.90 Å². The predicted octanol–water partition coefficient (Wildman–Crippen LogP) is 0.815. The molecule has 1 aliphatic heterocycles. The van der Waals surface area contributed by atoms with Gasteiger partial charge in [-0.3, -0.25) is 4.90 Å². The van der Waals surface area contributed by atoms with Crippen molar-refractivity contribution in [2.45, 2.75) is 6.10 Å². The maximum Gasteiger partial charge on any atom is 0.0897 e. The molecule has 0 aliphatic carbocycles. The molecule has 5 heteroatoms. The Morgan fingerprint density at radius 1 is 1.17 bits per heavy atom. The van der Waals surface area contributed by atoms with E-state index in [2.05, 4.69) is 9.80 Å². The van der Waals surface area contributed by atoms with Crippen LogP contribution in [-0.2, 0) is 0 Å². The van der Waals surface area contributed by atoms with Gasteiger partial charge in [-0.2, -0.15) is 0 Å². The first-order chi connectivity index (χ1) is 8.70. The van der Waals surface area contributed by atoms with E-state index in [1.165, 1.54) is 0 Å². The summed E-state index contributed by atoms with van der Waals surface area (Å²) in [6.07, 6.45) is -0.642. The molecule has 18 heavy (non-hydrogen) atoms. The first-order valence-corrected chi connectivity index (χ1v) is 6.59. The Balaban J connectivity index is 1.89. The van der Waals surface area contributed by atoms with E-state index in [4.69, 9.17) is 16.7 Å². The van der Waals surface area contributed by atoms with Crippen LogP contribution in [0, 0.1) is 0 Å². The van der Waals surface area contributed by atoms with Crippen molar-refractivity contribution in [3.63, 3.8) is 0 Å². The van der Waals surface area contributed by atoms with E-state index in [1.807, 2.05) is 24.3 Å². The van der Waals surface area contributed by atoms with Crippen molar-refractivity contribution in [1.29, 1.82) is 0 Å². The molecule has 1 fully saturated rings. The number of aliphatic hydroxyl groups excluding tert-OH is 2. The van der Waals surface area contributed by atoms with Gasteiger partial charge in [0, 0.05) is 32.7 Å². The van der Waals surface area contributed by atoms with Crippen LogP contribution in [0.5, 0.6) is 0 Å². The molecule has 0 bridgehead atoms. The van der Waals surface area contributed by atoms with E-state index in [0.29, 0.717) is 6.54 Å². The van der Waals surface area contributed by atoms with Gasteiger partial charge in [-0.15, -0.1) is 0 Å².